The van der Waals surface area contributed by atoms with Crippen molar-refractivity contribution in [3.05, 3.63) is 146 Å². The van der Waals surface area contributed by atoms with Crippen LogP contribution >= 0.6 is 11.8 Å². The van der Waals surface area contributed by atoms with Crippen LogP contribution in [0.4, 0.5) is 0 Å². The minimum atomic E-state index is 0.685. The monoisotopic (exact) mass is 616 g/mol. The molecule has 218 valence electrons. The van der Waals surface area contributed by atoms with Crippen molar-refractivity contribution in [1.29, 1.82) is 0 Å². The number of para-hydroxylation sites is 2. The van der Waals surface area contributed by atoms with Crippen LogP contribution in [0.5, 0.6) is 0 Å². The Hall–Kier alpha value is -5.91. The Labute approximate surface area is 273 Å². The molecule has 0 amide bonds. The number of rotatable bonds is 2. The lowest BCUT2D eigenvalue weighted by atomic mass is 10.1. The third-order valence-electron chi connectivity index (χ3n) is 9.70. The number of aromatic nitrogens is 4. The summed E-state index contributed by atoms with van der Waals surface area (Å²) in [6.45, 7) is 0. The van der Waals surface area contributed by atoms with Crippen LogP contribution in [0.15, 0.2) is 155 Å². The van der Waals surface area contributed by atoms with Gasteiger partial charge in [-0.05, 0) is 59.3 Å². The van der Waals surface area contributed by atoms with Crippen molar-refractivity contribution in [3.8, 4) is 22.9 Å². The molecule has 0 bridgehead atoms. The zero-order chi connectivity index (χ0) is 30.6. The molecule has 11 rings (SSSR count). The molecule has 0 spiro atoms. The van der Waals surface area contributed by atoms with Crippen LogP contribution in [0.3, 0.4) is 0 Å². The first-order valence-corrected chi connectivity index (χ1v) is 16.7. The van der Waals surface area contributed by atoms with Gasteiger partial charge in [0.25, 0.3) is 0 Å². The molecule has 0 unspecified atom stereocenters. The summed E-state index contributed by atoms with van der Waals surface area (Å²) in [5, 5.41) is 8.43. The summed E-state index contributed by atoms with van der Waals surface area (Å²) in [5.74, 6) is 0.685. The molecule has 1 aliphatic rings. The van der Waals surface area contributed by atoms with Crippen LogP contribution in [-0.2, 0) is 0 Å². The Kier molecular flexibility index (Phi) is 5.02. The molecule has 10 aromatic rings. The number of hydrogen-bond donors (Lipinski definition) is 0. The molecular formula is C42H24N4S. The van der Waals surface area contributed by atoms with Crippen molar-refractivity contribution >= 4 is 77.0 Å². The highest BCUT2D eigenvalue weighted by Gasteiger charge is 2.25. The summed E-state index contributed by atoms with van der Waals surface area (Å²) >= 11 is 1.80. The zero-order valence-corrected chi connectivity index (χ0v) is 25.9. The van der Waals surface area contributed by atoms with Crippen LogP contribution in [0.1, 0.15) is 0 Å². The first-order valence-electron chi connectivity index (χ1n) is 15.8. The standard InChI is InChI=1S/C42H24N4S/c1-2-11-26-24-27(21-20-25(26)10-1)45-33-16-6-3-12-28(33)29-22-23-35-38(41(29)45)30-13-4-7-17-34(30)46(35)42-43-32-15-9-19-37-39(32)40(44-42)31-14-5-8-18-36(31)47-37/h1-24H. The summed E-state index contributed by atoms with van der Waals surface area (Å²) < 4.78 is 4.71. The van der Waals surface area contributed by atoms with Gasteiger partial charge in [-0.15, -0.1) is 0 Å². The van der Waals surface area contributed by atoms with Crippen LogP contribution in [0.2, 0.25) is 0 Å². The van der Waals surface area contributed by atoms with E-state index in [0.29, 0.717) is 5.95 Å². The predicted octanol–water partition coefficient (Wildman–Crippen LogP) is 11.1. The number of nitrogens with zero attached hydrogens (tertiary/aromatic N) is 4. The van der Waals surface area contributed by atoms with Crippen molar-refractivity contribution in [2.75, 3.05) is 0 Å². The third-order valence-corrected chi connectivity index (χ3v) is 10.8. The van der Waals surface area contributed by atoms with Crippen LogP contribution < -0.4 is 0 Å². The lowest BCUT2D eigenvalue weighted by molar-refractivity contribution is 1.01. The van der Waals surface area contributed by atoms with Gasteiger partial charge in [-0.1, -0.05) is 109 Å². The molecule has 0 atom stereocenters. The van der Waals surface area contributed by atoms with Crippen molar-refractivity contribution in [2.45, 2.75) is 9.79 Å². The largest absolute Gasteiger partial charge is 0.309 e. The maximum absolute atomic E-state index is 5.38. The first kappa shape index (κ1) is 25.3. The lowest BCUT2D eigenvalue weighted by Gasteiger charge is -2.20. The summed E-state index contributed by atoms with van der Waals surface area (Å²) in [5.41, 5.74) is 8.82. The molecular weight excluding hydrogens is 593 g/mol. The van der Waals surface area contributed by atoms with E-state index in [1.54, 1.807) is 11.8 Å². The van der Waals surface area contributed by atoms with Crippen LogP contribution in [0.25, 0.3) is 88.2 Å². The van der Waals surface area contributed by atoms with E-state index >= 15 is 0 Å². The third kappa shape index (κ3) is 3.44. The van der Waals surface area contributed by atoms with Gasteiger partial charge in [-0.2, -0.15) is 0 Å². The topological polar surface area (TPSA) is 35.6 Å². The minimum absolute atomic E-state index is 0.685. The van der Waals surface area contributed by atoms with Crippen LogP contribution in [0, 0.1) is 0 Å². The molecule has 4 nitrogen and oxygen atoms in total. The summed E-state index contributed by atoms with van der Waals surface area (Å²) in [6.07, 6.45) is 0. The maximum atomic E-state index is 5.38. The molecule has 4 heterocycles. The number of benzene rings is 7. The van der Waals surface area contributed by atoms with E-state index in [-0.39, 0.29) is 0 Å². The van der Waals surface area contributed by atoms with Gasteiger partial charge < -0.3 is 4.57 Å². The quantitative estimate of drug-likeness (QED) is 0.194. The maximum Gasteiger partial charge on any atom is 0.235 e. The van der Waals surface area contributed by atoms with Gasteiger partial charge in [0.15, 0.2) is 0 Å². The summed E-state index contributed by atoms with van der Waals surface area (Å²) in [4.78, 5) is 13.1. The molecule has 5 heteroatoms. The van der Waals surface area contributed by atoms with Gasteiger partial charge in [-0.25, -0.2) is 9.97 Å². The number of fused-ring (bicyclic) bond motifs is 10. The first-order chi connectivity index (χ1) is 23.3. The molecule has 1 aliphatic heterocycles. The second-order valence-electron chi connectivity index (χ2n) is 12.2. The second kappa shape index (κ2) is 9.32. The molecule has 0 fully saturated rings. The normalized spacial score (nSPS) is 12.6. The van der Waals surface area contributed by atoms with E-state index in [2.05, 4.69) is 155 Å². The number of hydrogen-bond acceptors (Lipinski definition) is 3. The average Bonchev–Trinajstić information content (AvgIpc) is 3.64. The van der Waals surface area contributed by atoms with E-state index in [4.69, 9.17) is 9.97 Å². The van der Waals surface area contributed by atoms with E-state index in [1.807, 2.05) is 0 Å². The SMILES string of the molecule is c1ccc2c(c1)Sc1cccc3nc(-n4c5ccccc5c5c4ccc4c6ccccc6n(-c6ccc7ccccc7c6)c45)nc-2c13. The van der Waals surface area contributed by atoms with Crippen molar-refractivity contribution in [2.24, 2.45) is 0 Å². The lowest BCUT2D eigenvalue weighted by Crippen LogP contribution is -2.05. The van der Waals surface area contributed by atoms with Crippen LogP contribution in [-0.4, -0.2) is 19.1 Å². The molecule has 0 N–H and O–H groups in total. The van der Waals surface area contributed by atoms with Gasteiger partial charge in [0.05, 0.1) is 33.3 Å². The van der Waals surface area contributed by atoms with Gasteiger partial charge in [0.2, 0.25) is 5.95 Å². The van der Waals surface area contributed by atoms with E-state index in [0.717, 1.165) is 38.9 Å². The molecule has 7 aromatic carbocycles. The van der Waals surface area contributed by atoms with Crippen molar-refractivity contribution in [3.63, 3.8) is 0 Å². The highest BCUT2D eigenvalue weighted by Crippen LogP contribution is 2.47. The van der Waals surface area contributed by atoms with Crippen molar-refractivity contribution < 1.29 is 0 Å². The van der Waals surface area contributed by atoms with Crippen molar-refractivity contribution in [1.82, 2.24) is 19.1 Å². The predicted molar refractivity (Wildman–Crippen MR) is 195 cm³/mol. The fraction of sp³-hybridized carbons (Fsp3) is 0. The van der Waals surface area contributed by atoms with Gasteiger partial charge in [0, 0.05) is 48.0 Å². The van der Waals surface area contributed by atoms with E-state index in [9.17, 15) is 0 Å². The molecule has 0 saturated heterocycles. The second-order valence-corrected chi connectivity index (χ2v) is 13.3. The van der Waals surface area contributed by atoms with Gasteiger partial charge in [-0.3, -0.25) is 4.57 Å². The van der Waals surface area contributed by atoms with E-state index in [1.165, 1.54) is 53.1 Å². The fourth-order valence-corrected chi connectivity index (χ4v) is 8.81. The molecule has 0 saturated carbocycles. The highest BCUT2D eigenvalue weighted by atomic mass is 32.2. The summed E-state index contributed by atoms with van der Waals surface area (Å²) in [6, 6.07) is 52.3. The molecule has 47 heavy (non-hydrogen) atoms. The smallest absolute Gasteiger partial charge is 0.235 e. The minimum Gasteiger partial charge on any atom is -0.309 e. The van der Waals surface area contributed by atoms with E-state index < -0.39 is 0 Å². The Bertz CT molecular complexity index is 2950. The molecule has 0 radical (unpaired) electrons. The van der Waals surface area contributed by atoms with Gasteiger partial charge >= 0.3 is 0 Å². The Balaban J connectivity index is 1.29. The van der Waals surface area contributed by atoms with Gasteiger partial charge in [0.1, 0.15) is 0 Å². The Morgan fingerprint density at radius 3 is 2.13 bits per heavy atom. The average molecular weight is 617 g/mol. The Morgan fingerprint density at radius 2 is 1.21 bits per heavy atom. The fourth-order valence-electron chi connectivity index (χ4n) is 7.70. The Morgan fingerprint density at radius 1 is 0.468 bits per heavy atom. The zero-order valence-electron chi connectivity index (χ0n) is 25.1. The highest BCUT2D eigenvalue weighted by molar-refractivity contribution is 7.99. The summed E-state index contributed by atoms with van der Waals surface area (Å²) in [7, 11) is 0. The molecule has 3 aromatic heterocycles. The molecule has 0 aliphatic carbocycles.